The second-order valence-corrected chi connectivity index (χ2v) is 3.58. The van der Waals surface area contributed by atoms with Crippen LogP contribution < -0.4 is 11.2 Å². The van der Waals surface area contributed by atoms with Gasteiger partial charge in [-0.3, -0.25) is 0 Å². The zero-order valence-electron chi connectivity index (χ0n) is 7.93. The fraction of sp³-hybridized carbons (Fsp3) is 0.273. The first-order valence-electron chi connectivity index (χ1n) is 4.60. The molecular weight excluding hydrogens is 157 g/mol. The van der Waals surface area contributed by atoms with Crippen molar-refractivity contribution >= 4 is 18.4 Å². The average Bonchev–Trinajstić information content (AvgIpc) is 2.52. The molecule has 0 aromatic heterocycles. The zero-order valence-corrected chi connectivity index (χ0v) is 7.93. The minimum atomic E-state index is 0.667. The van der Waals surface area contributed by atoms with Crippen molar-refractivity contribution in [3.8, 4) is 0 Å². The summed E-state index contributed by atoms with van der Waals surface area (Å²) in [5.41, 5.74) is 11.6. The number of fused-ring (bicyclic) bond motifs is 1. The third kappa shape index (κ3) is 1.26. The standard InChI is InChI=1S/C11H13BN/c1-7-10(8(2)13)4-3-9-5-6-12-11(7)9/h3-4H,2,5-6,13H2,1H3. The van der Waals surface area contributed by atoms with E-state index in [4.69, 9.17) is 5.73 Å². The summed E-state index contributed by atoms with van der Waals surface area (Å²) in [5.74, 6) is 0. The monoisotopic (exact) mass is 170 g/mol. The molecule has 1 aliphatic heterocycles. The van der Waals surface area contributed by atoms with Crippen molar-refractivity contribution in [2.24, 2.45) is 5.73 Å². The molecule has 0 fully saturated rings. The smallest absolute Gasteiger partial charge is 0.152 e. The molecule has 13 heavy (non-hydrogen) atoms. The Kier molecular flexibility index (Phi) is 1.91. The summed E-state index contributed by atoms with van der Waals surface area (Å²) >= 11 is 0. The van der Waals surface area contributed by atoms with Crippen LogP contribution in [-0.4, -0.2) is 7.28 Å². The second kappa shape index (κ2) is 2.95. The molecule has 0 unspecified atom stereocenters. The Labute approximate surface area is 79.9 Å². The maximum atomic E-state index is 5.70. The number of aryl methyl sites for hydroxylation is 1. The third-order valence-corrected chi connectivity index (χ3v) is 2.71. The van der Waals surface area contributed by atoms with Gasteiger partial charge in [0.25, 0.3) is 0 Å². The first kappa shape index (κ1) is 8.42. The van der Waals surface area contributed by atoms with Gasteiger partial charge in [0.2, 0.25) is 0 Å². The molecule has 1 radical (unpaired) electrons. The van der Waals surface area contributed by atoms with E-state index in [9.17, 15) is 0 Å². The summed E-state index contributed by atoms with van der Waals surface area (Å²) < 4.78 is 0. The van der Waals surface area contributed by atoms with Crippen LogP contribution in [0.2, 0.25) is 6.32 Å². The number of nitrogens with two attached hydrogens (primary N) is 1. The van der Waals surface area contributed by atoms with Gasteiger partial charge in [-0.1, -0.05) is 36.1 Å². The molecule has 0 spiro atoms. The second-order valence-electron chi connectivity index (χ2n) is 3.58. The van der Waals surface area contributed by atoms with Gasteiger partial charge < -0.3 is 5.73 Å². The molecule has 65 valence electrons. The molecule has 1 aliphatic rings. The van der Waals surface area contributed by atoms with Gasteiger partial charge in [0, 0.05) is 5.70 Å². The number of hydrogen-bond donors (Lipinski definition) is 1. The normalized spacial score (nSPS) is 13.6. The van der Waals surface area contributed by atoms with Crippen LogP contribution in [0.1, 0.15) is 16.7 Å². The van der Waals surface area contributed by atoms with E-state index in [1.54, 1.807) is 0 Å². The molecule has 1 heterocycles. The molecule has 0 saturated heterocycles. The third-order valence-electron chi connectivity index (χ3n) is 2.71. The maximum Gasteiger partial charge on any atom is 0.152 e. The Bertz CT molecular complexity index is 369. The predicted octanol–water partition coefficient (Wildman–Crippen LogP) is 1.23. The summed E-state index contributed by atoms with van der Waals surface area (Å²) in [4.78, 5) is 0. The first-order valence-corrected chi connectivity index (χ1v) is 4.60. The highest BCUT2D eigenvalue weighted by molar-refractivity contribution is 6.56. The highest BCUT2D eigenvalue weighted by atomic mass is 14.6. The fourth-order valence-corrected chi connectivity index (χ4v) is 2.01. The minimum absolute atomic E-state index is 0.667. The molecule has 2 N–H and O–H groups in total. The maximum absolute atomic E-state index is 5.70. The summed E-state index contributed by atoms with van der Waals surface area (Å²) in [7, 11) is 2.29. The van der Waals surface area contributed by atoms with E-state index in [0.29, 0.717) is 5.70 Å². The van der Waals surface area contributed by atoms with Crippen LogP contribution in [0.3, 0.4) is 0 Å². The summed E-state index contributed by atoms with van der Waals surface area (Å²) in [6.07, 6.45) is 2.34. The molecule has 0 bridgehead atoms. The van der Waals surface area contributed by atoms with Crippen LogP contribution in [0, 0.1) is 6.92 Å². The Balaban J connectivity index is 2.59. The quantitative estimate of drug-likeness (QED) is 0.630. The first-order chi connectivity index (χ1) is 6.20. The fourth-order valence-electron chi connectivity index (χ4n) is 2.01. The van der Waals surface area contributed by atoms with Crippen molar-refractivity contribution in [1.82, 2.24) is 0 Å². The van der Waals surface area contributed by atoms with E-state index in [-0.39, 0.29) is 0 Å². The van der Waals surface area contributed by atoms with E-state index in [2.05, 4.69) is 32.9 Å². The van der Waals surface area contributed by atoms with Crippen LogP contribution >= 0.6 is 0 Å². The van der Waals surface area contributed by atoms with Gasteiger partial charge >= 0.3 is 0 Å². The Morgan fingerprint density at radius 2 is 2.31 bits per heavy atom. The van der Waals surface area contributed by atoms with Crippen LogP contribution in [-0.2, 0) is 6.42 Å². The van der Waals surface area contributed by atoms with Gasteiger partial charge in [-0.05, 0) is 24.5 Å². The van der Waals surface area contributed by atoms with Gasteiger partial charge in [0.1, 0.15) is 0 Å². The van der Waals surface area contributed by atoms with Gasteiger partial charge in [0.05, 0.1) is 0 Å². The Hall–Kier alpha value is -1.18. The lowest BCUT2D eigenvalue weighted by Gasteiger charge is -2.10. The lowest BCUT2D eigenvalue weighted by molar-refractivity contribution is 1.17. The lowest BCUT2D eigenvalue weighted by Crippen LogP contribution is -2.17. The zero-order chi connectivity index (χ0) is 9.42. The summed E-state index contributed by atoms with van der Waals surface area (Å²) in [6.45, 7) is 5.89. The molecule has 1 aromatic rings. The van der Waals surface area contributed by atoms with Crippen LogP contribution in [0.4, 0.5) is 0 Å². The van der Waals surface area contributed by atoms with E-state index in [1.165, 1.54) is 23.0 Å². The largest absolute Gasteiger partial charge is 0.399 e. The van der Waals surface area contributed by atoms with Gasteiger partial charge in [-0.15, -0.1) is 0 Å². The van der Waals surface area contributed by atoms with E-state index in [1.807, 2.05) is 0 Å². The minimum Gasteiger partial charge on any atom is -0.399 e. The molecule has 1 nitrogen and oxygen atoms in total. The number of hydrogen-bond acceptors (Lipinski definition) is 1. The average molecular weight is 170 g/mol. The SMILES string of the molecule is C=C(N)c1ccc2c(c1C)[B]CC2. The van der Waals surface area contributed by atoms with Crippen molar-refractivity contribution < 1.29 is 0 Å². The summed E-state index contributed by atoms with van der Waals surface area (Å²) in [6, 6.07) is 4.24. The Morgan fingerprint density at radius 1 is 1.54 bits per heavy atom. The highest BCUT2D eigenvalue weighted by Gasteiger charge is 2.15. The Morgan fingerprint density at radius 3 is 3.00 bits per heavy atom. The molecule has 0 aliphatic carbocycles. The van der Waals surface area contributed by atoms with Gasteiger partial charge in [-0.25, -0.2) is 0 Å². The lowest BCUT2D eigenvalue weighted by atomic mass is 9.69. The topological polar surface area (TPSA) is 26.0 Å². The van der Waals surface area contributed by atoms with Crippen molar-refractivity contribution in [3.63, 3.8) is 0 Å². The molecule has 2 heteroatoms. The van der Waals surface area contributed by atoms with Crippen molar-refractivity contribution in [2.45, 2.75) is 19.7 Å². The molecule has 0 atom stereocenters. The van der Waals surface area contributed by atoms with Crippen LogP contribution in [0.5, 0.6) is 0 Å². The predicted molar refractivity (Wildman–Crippen MR) is 58.3 cm³/mol. The molecule has 2 rings (SSSR count). The summed E-state index contributed by atoms with van der Waals surface area (Å²) in [5, 5.41) is 0. The number of rotatable bonds is 1. The molecule has 1 aromatic carbocycles. The van der Waals surface area contributed by atoms with E-state index < -0.39 is 0 Å². The molecular formula is C11H13BN. The molecule has 0 saturated carbocycles. The van der Waals surface area contributed by atoms with Crippen LogP contribution in [0.15, 0.2) is 18.7 Å². The highest BCUT2D eigenvalue weighted by Crippen LogP contribution is 2.18. The number of benzene rings is 1. The van der Waals surface area contributed by atoms with Crippen molar-refractivity contribution in [2.75, 3.05) is 0 Å². The van der Waals surface area contributed by atoms with Crippen molar-refractivity contribution in [3.05, 3.63) is 35.4 Å². The van der Waals surface area contributed by atoms with Gasteiger partial charge in [-0.2, -0.15) is 0 Å². The van der Waals surface area contributed by atoms with Crippen molar-refractivity contribution in [1.29, 1.82) is 0 Å². The molecule has 0 amide bonds. The van der Waals surface area contributed by atoms with Gasteiger partial charge in [0.15, 0.2) is 7.28 Å². The van der Waals surface area contributed by atoms with E-state index in [0.717, 1.165) is 11.9 Å². The van der Waals surface area contributed by atoms with Crippen LogP contribution in [0.25, 0.3) is 5.70 Å². The van der Waals surface area contributed by atoms with E-state index >= 15 is 0 Å².